The molecule has 2 heterocycles. The van der Waals surface area contributed by atoms with Crippen molar-refractivity contribution in [2.24, 2.45) is 5.92 Å². The number of rotatable bonds is 4. The van der Waals surface area contributed by atoms with Gasteiger partial charge in [-0.3, -0.25) is 4.79 Å². The Balaban J connectivity index is 1.72. The lowest BCUT2D eigenvalue weighted by Gasteiger charge is -2.21. The number of anilines is 1. The minimum Gasteiger partial charge on any atom is -0.397 e. The maximum absolute atomic E-state index is 12.9. The number of nitrogen functional groups attached to an aromatic ring is 1. The Hall–Kier alpha value is -1.62. The van der Waals surface area contributed by atoms with E-state index in [-0.39, 0.29) is 5.91 Å². The van der Waals surface area contributed by atoms with E-state index >= 15 is 0 Å². The molecule has 0 radical (unpaired) electrons. The van der Waals surface area contributed by atoms with Crippen LogP contribution in [-0.2, 0) is 0 Å². The van der Waals surface area contributed by atoms with Crippen molar-refractivity contribution in [3.63, 3.8) is 0 Å². The SMILES string of the molecule is Cc1ccnc2sc(C(=O)N(CC3CC3)C3CC3)c(N)c12. The average molecular weight is 301 g/mol. The number of pyridine rings is 1. The van der Waals surface area contributed by atoms with Crippen LogP contribution in [0.25, 0.3) is 10.2 Å². The Bertz CT molecular complexity index is 716. The normalized spacial score (nSPS) is 18.1. The second-order valence-electron chi connectivity index (χ2n) is 6.28. The van der Waals surface area contributed by atoms with E-state index in [0.717, 1.165) is 35.2 Å². The minimum absolute atomic E-state index is 0.115. The highest BCUT2D eigenvalue weighted by Crippen LogP contribution is 2.39. The maximum Gasteiger partial charge on any atom is 0.266 e. The van der Waals surface area contributed by atoms with E-state index in [4.69, 9.17) is 5.73 Å². The molecule has 2 saturated carbocycles. The lowest BCUT2D eigenvalue weighted by molar-refractivity contribution is 0.0741. The van der Waals surface area contributed by atoms with Crippen LogP contribution in [0.15, 0.2) is 12.3 Å². The van der Waals surface area contributed by atoms with Crippen molar-refractivity contribution < 1.29 is 4.79 Å². The molecule has 2 aromatic rings. The highest BCUT2D eigenvalue weighted by molar-refractivity contribution is 7.21. The summed E-state index contributed by atoms with van der Waals surface area (Å²) in [5.74, 6) is 0.828. The van der Waals surface area contributed by atoms with Crippen LogP contribution >= 0.6 is 11.3 Å². The van der Waals surface area contributed by atoms with E-state index in [1.165, 1.54) is 24.2 Å². The van der Waals surface area contributed by atoms with Crippen molar-refractivity contribution in [3.05, 3.63) is 22.7 Å². The molecular formula is C16H19N3OS. The number of fused-ring (bicyclic) bond motifs is 1. The first-order chi connectivity index (χ1) is 10.1. The van der Waals surface area contributed by atoms with Crippen molar-refractivity contribution in [3.8, 4) is 0 Å². The van der Waals surface area contributed by atoms with Gasteiger partial charge < -0.3 is 10.6 Å². The number of aromatic nitrogens is 1. The van der Waals surface area contributed by atoms with E-state index in [1.54, 1.807) is 6.20 Å². The molecule has 5 heteroatoms. The van der Waals surface area contributed by atoms with Crippen LogP contribution in [0, 0.1) is 12.8 Å². The molecule has 2 aliphatic rings. The smallest absolute Gasteiger partial charge is 0.266 e. The molecule has 0 bridgehead atoms. The standard InChI is InChI=1S/C16H19N3OS/c1-9-6-7-18-15-12(9)13(17)14(21-15)16(20)19(11-4-5-11)8-10-2-3-10/h6-7,10-11H,2-5,8,17H2,1H3. The topological polar surface area (TPSA) is 59.2 Å². The van der Waals surface area contributed by atoms with Gasteiger partial charge in [-0.25, -0.2) is 4.98 Å². The number of carbonyl (C=O) groups excluding carboxylic acids is 1. The molecule has 0 aromatic carbocycles. The minimum atomic E-state index is 0.115. The molecular weight excluding hydrogens is 282 g/mol. The second kappa shape index (κ2) is 4.70. The number of aryl methyl sites for hydroxylation is 1. The number of nitrogens with two attached hydrogens (primary N) is 1. The van der Waals surface area contributed by atoms with Crippen LogP contribution in [0.4, 0.5) is 5.69 Å². The van der Waals surface area contributed by atoms with Crippen LogP contribution in [0.3, 0.4) is 0 Å². The highest BCUT2D eigenvalue weighted by atomic mass is 32.1. The molecule has 0 saturated heterocycles. The van der Waals surface area contributed by atoms with Crippen LogP contribution in [0.1, 0.15) is 40.9 Å². The zero-order chi connectivity index (χ0) is 14.6. The lowest BCUT2D eigenvalue weighted by Crippen LogP contribution is -2.34. The van der Waals surface area contributed by atoms with E-state index in [2.05, 4.69) is 9.88 Å². The summed E-state index contributed by atoms with van der Waals surface area (Å²) in [6.07, 6.45) is 6.59. The van der Waals surface area contributed by atoms with Gasteiger partial charge in [-0.1, -0.05) is 0 Å². The summed E-state index contributed by atoms with van der Waals surface area (Å²) in [6, 6.07) is 2.39. The number of hydrogen-bond donors (Lipinski definition) is 1. The summed E-state index contributed by atoms with van der Waals surface area (Å²) < 4.78 is 0. The number of thiophene rings is 1. The molecule has 2 fully saturated rings. The van der Waals surface area contributed by atoms with Crippen LogP contribution in [0.5, 0.6) is 0 Å². The molecule has 4 nitrogen and oxygen atoms in total. The number of nitrogens with zero attached hydrogens (tertiary/aromatic N) is 2. The van der Waals surface area contributed by atoms with Gasteiger partial charge >= 0.3 is 0 Å². The molecule has 4 rings (SSSR count). The molecule has 0 aliphatic heterocycles. The summed E-state index contributed by atoms with van der Waals surface area (Å²) in [6.45, 7) is 2.92. The molecule has 21 heavy (non-hydrogen) atoms. The predicted molar refractivity (Wildman–Crippen MR) is 85.6 cm³/mol. The molecule has 0 unspecified atom stereocenters. The third-order valence-electron chi connectivity index (χ3n) is 4.43. The van der Waals surface area contributed by atoms with E-state index in [1.807, 2.05) is 13.0 Å². The van der Waals surface area contributed by atoms with Gasteiger partial charge in [0.25, 0.3) is 5.91 Å². The zero-order valence-electron chi connectivity index (χ0n) is 12.1. The van der Waals surface area contributed by atoms with Gasteiger partial charge in [-0.05, 0) is 50.2 Å². The van der Waals surface area contributed by atoms with Crippen LogP contribution < -0.4 is 5.73 Å². The monoisotopic (exact) mass is 301 g/mol. The van der Waals surface area contributed by atoms with Gasteiger partial charge in [-0.2, -0.15) is 0 Å². The fraction of sp³-hybridized carbons (Fsp3) is 0.500. The maximum atomic E-state index is 12.9. The van der Waals surface area contributed by atoms with Crippen LogP contribution in [-0.4, -0.2) is 28.4 Å². The Labute approximate surface area is 128 Å². The first-order valence-corrected chi connectivity index (χ1v) is 8.41. The third kappa shape index (κ3) is 2.29. The van der Waals surface area contributed by atoms with E-state index in [9.17, 15) is 4.79 Å². The van der Waals surface area contributed by atoms with Crippen molar-refractivity contribution >= 4 is 33.1 Å². The fourth-order valence-corrected chi connectivity index (χ4v) is 3.95. The molecule has 0 atom stereocenters. The summed E-state index contributed by atoms with van der Waals surface area (Å²) >= 11 is 1.44. The van der Waals surface area contributed by atoms with Gasteiger partial charge in [0, 0.05) is 24.2 Å². The number of carbonyl (C=O) groups is 1. The Kier molecular flexibility index (Phi) is 2.92. The predicted octanol–water partition coefficient (Wildman–Crippen LogP) is 3.20. The molecule has 2 aliphatic carbocycles. The Morgan fingerprint density at radius 3 is 2.81 bits per heavy atom. The summed E-state index contributed by atoms with van der Waals surface area (Å²) in [5, 5.41) is 0.952. The van der Waals surface area contributed by atoms with E-state index < -0.39 is 0 Å². The highest BCUT2D eigenvalue weighted by Gasteiger charge is 2.38. The van der Waals surface area contributed by atoms with Crippen molar-refractivity contribution in [1.82, 2.24) is 9.88 Å². The molecule has 1 amide bonds. The fourth-order valence-electron chi connectivity index (χ4n) is 2.86. The van der Waals surface area contributed by atoms with Crippen molar-refractivity contribution in [1.29, 1.82) is 0 Å². The zero-order valence-corrected chi connectivity index (χ0v) is 12.9. The average Bonchev–Trinajstić information content (AvgIpc) is 3.34. The number of hydrogen-bond acceptors (Lipinski definition) is 4. The van der Waals surface area contributed by atoms with Gasteiger partial charge in [0.2, 0.25) is 0 Å². The third-order valence-corrected chi connectivity index (χ3v) is 5.53. The molecule has 0 spiro atoms. The van der Waals surface area contributed by atoms with Crippen molar-refractivity contribution in [2.45, 2.75) is 38.6 Å². The molecule has 2 aromatic heterocycles. The van der Waals surface area contributed by atoms with E-state index in [0.29, 0.717) is 22.5 Å². The van der Waals surface area contributed by atoms with Crippen molar-refractivity contribution in [2.75, 3.05) is 12.3 Å². The molecule has 110 valence electrons. The van der Waals surface area contributed by atoms with Gasteiger partial charge in [0.05, 0.1) is 5.69 Å². The summed E-state index contributed by atoms with van der Waals surface area (Å²) in [4.78, 5) is 20.9. The quantitative estimate of drug-likeness (QED) is 0.943. The largest absolute Gasteiger partial charge is 0.397 e. The van der Waals surface area contributed by atoms with Crippen LogP contribution in [0.2, 0.25) is 0 Å². The summed E-state index contributed by atoms with van der Waals surface area (Å²) in [5.41, 5.74) is 7.98. The summed E-state index contributed by atoms with van der Waals surface area (Å²) in [7, 11) is 0. The number of amides is 1. The Morgan fingerprint density at radius 1 is 1.43 bits per heavy atom. The first-order valence-electron chi connectivity index (χ1n) is 7.59. The van der Waals surface area contributed by atoms with Gasteiger partial charge in [0.15, 0.2) is 0 Å². The van der Waals surface area contributed by atoms with Gasteiger partial charge in [0.1, 0.15) is 9.71 Å². The lowest BCUT2D eigenvalue weighted by atomic mass is 10.1. The molecule has 2 N–H and O–H groups in total. The second-order valence-corrected chi connectivity index (χ2v) is 7.28. The Morgan fingerprint density at radius 2 is 2.19 bits per heavy atom. The first kappa shape index (κ1) is 13.1. The van der Waals surface area contributed by atoms with Gasteiger partial charge in [-0.15, -0.1) is 11.3 Å².